The maximum absolute atomic E-state index is 13.9. The summed E-state index contributed by atoms with van der Waals surface area (Å²) < 4.78 is 11.9. The Morgan fingerprint density at radius 1 is 1.11 bits per heavy atom. The number of halogens is 1. The lowest BCUT2D eigenvalue weighted by atomic mass is 9.69. The topological polar surface area (TPSA) is 129 Å². The van der Waals surface area contributed by atoms with Gasteiger partial charge in [0.1, 0.15) is 5.75 Å². The third kappa shape index (κ3) is 5.71. The number of imide groups is 1. The summed E-state index contributed by atoms with van der Waals surface area (Å²) in [5.74, 6) is -1.91. The van der Waals surface area contributed by atoms with Crippen molar-refractivity contribution in [3.8, 4) is 5.75 Å². The number of benzene rings is 2. The van der Waals surface area contributed by atoms with Gasteiger partial charge >= 0.3 is 7.12 Å². The number of phenolic OH excluding ortho intramolecular Hbond substituents is 1. The van der Waals surface area contributed by atoms with E-state index in [2.05, 4.69) is 4.98 Å². The van der Waals surface area contributed by atoms with E-state index in [0.29, 0.717) is 43.2 Å². The van der Waals surface area contributed by atoms with Crippen molar-refractivity contribution < 1.29 is 34.2 Å². The second-order valence-electron chi connectivity index (χ2n) is 11.4. The summed E-state index contributed by atoms with van der Waals surface area (Å²) in [5.41, 5.74) is 5.02. The minimum Gasteiger partial charge on any atom is -0.508 e. The molecule has 2 aromatic carbocycles. The van der Waals surface area contributed by atoms with Crippen LogP contribution in [0.1, 0.15) is 30.5 Å². The Bertz CT molecular complexity index is 1640. The zero-order valence-electron chi connectivity index (χ0n) is 24.1. The van der Waals surface area contributed by atoms with E-state index < -0.39 is 19.0 Å². The smallest absolute Gasteiger partial charge is 0.488 e. The summed E-state index contributed by atoms with van der Waals surface area (Å²) in [6.07, 6.45) is 5.01. The summed E-state index contributed by atoms with van der Waals surface area (Å²) >= 11 is 6.43. The van der Waals surface area contributed by atoms with Crippen molar-refractivity contribution in [3.05, 3.63) is 94.3 Å². The second kappa shape index (κ2) is 12.7. The fourth-order valence-corrected chi connectivity index (χ4v) is 7.02. The maximum Gasteiger partial charge on any atom is 0.488 e. The molecule has 2 fully saturated rings. The lowest BCUT2D eigenvalue weighted by molar-refractivity contribution is -0.122. The molecule has 11 heteroatoms. The first kappa shape index (κ1) is 30.2. The molecule has 3 heterocycles. The molecule has 2 saturated heterocycles. The Balaban J connectivity index is 1.28. The van der Waals surface area contributed by atoms with Crippen molar-refractivity contribution in [2.75, 3.05) is 25.2 Å². The fraction of sp³-hybridized carbons (Fsp3) is 0.303. The van der Waals surface area contributed by atoms with Crippen LogP contribution in [0, 0.1) is 17.8 Å². The number of carbonyl (C=O) groups excluding carboxylic acids is 2. The first-order valence-electron chi connectivity index (χ1n) is 14.5. The number of fused-ring (bicyclic) bond motifs is 3. The van der Waals surface area contributed by atoms with Crippen LogP contribution in [-0.2, 0) is 19.1 Å². The number of aromatic nitrogens is 1. The average molecular weight is 615 g/mol. The molecule has 2 aliphatic heterocycles. The van der Waals surface area contributed by atoms with Gasteiger partial charge in [0.2, 0.25) is 11.8 Å². The van der Waals surface area contributed by atoms with Gasteiger partial charge in [-0.1, -0.05) is 29.8 Å². The zero-order chi connectivity index (χ0) is 31.0. The number of hydrogen-bond acceptors (Lipinski definition) is 8. The van der Waals surface area contributed by atoms with E-state index in [-0.39, 0.29) is 35.0 Å². The molecular formula is C33H32BClN2O7. The first-order valence-corrected chi connectivity index (χ1v) is 14.9. The molecule has 0 radical (unpaired) electrons. The molecule has 1 aliphatic carbocycles. The van der Waals surface area contributed by atoms with Gasteiger partial charge in [0.25, 0.3) is 0 Å². The van der Waals surface area contributed by atoms with E-state index in [4.69, 9.17) is 21.1 Å². The van der Waals surface area contributed by atoms with E-state index >= 15 is 0 Å². The Morgan fingerprint density at radius 3 is 2.68 bits per heavy atom. The highest BCUT2D eigenvalue weighted by Crippen LogP contribution is 2.50. The molecule has 3 N–H and O–H groups in total. The molecular weight excluding hydrogens is 583 g/mol. The number of hydrogen-bond donors (Lipinski definition) is 3. The summed E-state index contributed by atoms with van der Waals surface area (Å²) in [6.45, 7) is 0.637. The molecule has 226 valence electrons. The molecule has 3 aromatic rings. The number of rotatable bonds is 9. The van der Waals surface area contributed by atoms with E-state index in [1.54, 1.807) is 37.6 Å². The molecule has 0 bridgehead atoms. The van der Waals surface area contributed by atoms with Gasteiger partial charge in [0.15, 0.2) is 0 Å². The minimum absolute atomic E-state index is 0.0855. The molecule has 0 spiro atoms. The Kier molecular flexibility index (Phi) is 8.71. The van der Waals surface area contributed by atoms with Crippen LogP contribution in [0.3, 0.4) is 0 Å². The van der Waals surface area contributed by atoms with Crippen molar-refractivity contribution in [1.29, 1.82) is 0 Å². The number of allylic oxidation sites excluding steroid dienone is 1. The molecule has 0 saturated carbocycles. The van der Waals surface area contributed by atoms with Crippen molar-refractivity contribution in [1.82, 2.24) is 4.98 Å². The monoisotopic (exact) mass is 614 g/mol. The maximum atomic E-state index is 13.9. The van der Waals surface area contributed by atoms with Crippen LogP contribution in [0.15, 0.2) is 78.0 Å². The number of amides is 2. The molecule has 0 unspecified atom stereocenters. The Morgan fingerprint density at radius 2 is 1.95 bits per heavy atom. The van der Waals surface area contributed by atoms with Gasteiger partial charge < -0.3 is 24.6 Å². The summed E-state index contributed by atoms with van der Waals surface area (Å²) in [5, 5.41) is 29.5. The largest absolute Gasteiger partial charge is 0.508 e. The predicted molar refractivity (Wildman–Crippen MR) is 167 cm³/mol. The zero-order valence-corrected chi connectivity index (χ0v) is 24.9. The van der Waals surface area contributed by atoms with Gasteiger partial charge in [-0.3, -0.25) is 19.5 Å². The number of methoxy groups -OCH3 is 1. The number of carbonyl (C=O) groups is 2. The number of anilines is 1. The minimum atomic E-state index is -1.72. The van der Waals surface area contributed by atoms with Crippen molar-refractivity contribution in [3.63, 3.8) is 0 Å². The van der Waals surface area contributed by atoms with E-state index in [1.807, 2.05) is 24.3 Å². The predicted octanol–water partition coefficient (Wildman–Crippen LogP) is 3.61. The van der Waals surface area contributed by atoms with Crippen LogP contribution in [0.25, 0.3) is 11.6 Å². The summed E-state index contributed by atoms with van der Waals surface area (Å²) in [7, 11) is -0.103. The van der Waals surface area contributed by atoms with Crippen LogP contribution in [0.2, 0.25) is 5.02 Å². The summed E-state index contributed by atoms with van der Waals surface area (Å²) in [4.78, 5) is 33.3. The van der Waals surface area contributed by atoms with Crippen LogP contribution in [-0.4, -0.2) is 65.5 Å². The second-order valence-corrected chi connectivity index (χ2v) is 11.8. The normalized spacial score (nSPS) is 23.3. The number of ether oxygens (including phenoxy) is 2. The van der Waals surface area contributed by atoms with Crippen molar-refractivity contribution in [2.45, 2.75) is 25.4 Å². The van der Waals surface area contributed by atoms with Crippen LogP contribution >= 0.6 is 11.6 Å². The SMILES string of the molecule is COCC1=C2[C@@H](CC/C(=C/c3ccc(O)cc3Cl)c3ccccn3)OC[C@@H]2[C@@H]2C(=O)N(c3cccc(B(O)O)c3)C(=O)[C@@H]2C1. The van der Waals surface area contributed by atoms with E-state index in [9.17, 15) is 24.7 Å². The highest BCUT2D eigenvalue weighted by atomic mass is 35.5. The highest BCUT2D eigenvalue weighted by Gasteiger charge is 2.57. The fourth-order valence-electron chi connectivity index (χ4n) is 6.79. The lowest BCUT2D eigenvalue weighted by Crippen LogP contribution is -2.36. The lowest BCUT2D eigenvalue weighted by Gasteiger charge is -2.31. The standard InChI is InChI=1S/C33H32BClN2O7/c1-43-17-21-14-25-31(33(40)37(32(25)39)23-6-4-5-22(15-23)34(41)42)26-18-44-29(30(21)26)11-9-20(28-7-2-3-12-36-28)13-19-8-10-24(38)16-27(19)35/h2-8,10,12-13,15-16,25-26,29,31,38,41-42H,9,11,14,17-18H2,1H3/b20-13-/t25-,26+,29-,31-/m1/s1. The highest BCUT2D eigenvalue weighted by molar-refractivity contribution is 6.58. The number of aromatic hydroxyl groups is 1. The van der Waals surface area contributed by atoms with Gasteiger partial charge in [-0.15, -0.1) is 0 Å². The first-order chi connectivity index (χ1) is 21.3. The molecule has 6 rings (SSSR count). The van der Waals surface area contributed by atoms with Gasteiger partial charge in [-0.05, 0) is 95.5 Å². The van der Waals surface area contributed by atoms with Crippen LogP contribution in [0.5, 0.6) is 5.75 Å². The Hall–Kier alpha value is -3.80. The molecule has 4 atom stereocenters. The van der Waals surface area contributed by atoms with Gasteiger partial charge in [-0.25, -0.2) is 0 Å². The van der Waals surface area contributed by atoms with Crippen LogP contribution in [0.4, 0.5) is 5.69 Å². The number of phenols is 1. The molecule has 1 aromatic heterocycles. The Labute approximate surface area is 260 Å². The molecule has 2 amide bonds. The molecule has 44 heavy (non-hydrogen) atoms. The average Bonchev–Trinajstić information content (AvgIpc) is 3.55. The third-order valence-electron chi connectivity index (χ3n) is 8.74. The van der Waals surface area contributed by atoms with Crippen molar-refractivity contribution >= 4 is 53.3 Å². The van der Waals surface area contributed by atoms with E-state index in [1.165, 1.54) is 23.1 Å². The number of pyridine rings is 1. The van der Waals surface area contributed by atoms with E-state index in [0.717, 1.165) is 28.0 Å². The van der Waals surface area contributed by atoms with Crippen LogP contribution < -0.4 is 10.4 Å². The summed E-state index contributed by atoms with van der Waals surface area (Å²) in [6, 6.07) is 16.8. The molecule has 3 aliphatic rings. The number of nitrogens with zero attached hydrogens (tertiary/aromatic N) is 2. The molecule has 9 nitrogen and oxygen atoms in total. The quantitative estimate of drug-likeness (QED) is 0.189. The van der Waals surface area contributed by atoms with Crippen molar-refractivity contribution in [2.24, 2.45) is 17.8 Å². The third-order valence-corrected chi connectivity index (χ3v) is 9.06. The van der Waals surface area contributed by atoms with Gasteiger partial charge in [0, 0.05) is 19.2 Å². The van der Waals surface area contributed by atoms with Gasteiger partial charge in [-0.2, -0.15) is 0 Å². The van der Waals surface area contributed by atoms with Gasteiger partial charge in [0.05, 0.1) is 47.6 Å².